The first-order valence-corrected chi connectivity index (χ1v) is 7.73. The molecule has 0 saturated carbocycles. The molecule has 0 aliphatic rings. The third-order valence-corrected chi connectivity index (χ3v) is 3.18. The van der Waals surface area contributed by atoms with Crippen LogP contribution in [-0.4, -0.2) is 34.5 Å². The second-order valence-corrected chi connectivity index (χ2v) is 5.53. The number of benzene rings is 1. The lowest BCUT2D eigenvalue weighted by atomic mass is 10.2. The van der Waals surface area contributed by atoms with Crippen LogP contribution in [0.25, 0.3) is 0 Å². The molecule has 2 rings (SSSR count). The molecule has 0 spiro atoms. The van der Waals surface area contributed by atoms with E-state index in [2.05, 4.69) is 25.6 Å². The Morgan fingerprint density at radius 2 is 2.04 bits per heavy atom. The second kappa shape index (κ2) is 8.53. The van der Waals surface area contributed by atoms with Crippen molar-refractivity contribution in [3.05, 3.63) is 47.4 Å². The molecule has 0 radical (unpaired) electrons. The standard InChI is InChI=1S/C17H20N6O2/c1-11(2)22-17(25)12-3-5-13(6-4-12)19-7-14-8-20-16(21-10-18)15(9-24)23-14/h3-6,8-11,19H,7H2,1-2H3,(H,22,25)(H2,18,20,21). The number of hydrogen-bond acceptors (Lipinski definition) is 6. The zero-order valence-corrected chi connectivity index (χ0v) is 14.1. The Kier molecular flexibility index (Phi) is 6.16. The van der Waals surface area contributed by atoms with Gasteiger partial charge in [-0.1, -0.05) is 0 Å². The topological polar surface area (TPSA) is 122 Å². The monoisotopic (exact) mass is 340 g/mol. The summed E-state index contributed by atoms with van der Waals surface area (Å²) < 4.78 is 0. The number of nitrogens with two attached hydrogens (primary N) is 1. The molecule has 8 heteroatoms. The Morgan fingerprint density at radius 3 is 2.64 bits per heavy atom. The van der Waals surface area contributed by atoms with Crippen LogP contribution in [-0.2, 0) is 6.54 Å². The Bertz CT molecular complexity index is 771. The highest BCUT2D eigenvalue weighted by Gasteiger charge is 2.08. The zero-order valence-electron chi connectivity index (χ0n) is 14.1. The lowest BCUT2D eigenvalue weighted by Gasteiger charge is -2.10. The molecule has 0 atom stereocenters. The van der Waals surface area contributed by atoms with Gasteiger partial charge in [0.2, 0.25) is 0 Å². The third-order valence-electron chi connectivity index (χ3n) is 3.18. The fraction of sp³-hybridized carbons (Fsp3) is 0.235. The van der Waals surface area contributed by atoms with Gasteiger partial charge in [0, 0.05) is 17.3 Å². The molecule has 0 bridgehead atoms. The highest BCUT2D eigenvalue weighted by molar-refractivity contribution is 5.94. The van der Waals surface area contributed by atoms with Gasteiger partial charge in [-0.15, -0.1) is 0 Å². The maximum atomic E-state index is 11.9. The van der Waals surface area contributed by atoms with Gasteiger partial charge in [0.25, 0.3) is 5.91 Å². The predicted octanol–water partition coefficient (Wildman–Crippen LogP) is 1.66. The summed E-state index contributed by atoms with van der Waals surface area (Å²) in [5, 5.41) is 5.99. The van der Waals surface area contributed by atoms with E-state index < -0.39 is 0 Å². The van der Waals surface area contributed by atoms with Crippen LogP contribution in [0.5, 0.6) is 0 Å². The third kappa shape index (κ3) is 5.10. The van der Waals surface area contributed by atoms with Crippen LogP contribution >= 0.6 is 0 Å². The molecule has 1 amide bonds. The molecule has 0 aliphatic heterocycles. The first-order chi connectivity index (χ1) is 12.0. The number of hydrogen-bond donors (Lipinski definition) is 3. The Labute approximate surface area is 145 Å². The number of aldehydes is 1. The Morgan fingerprint density at radius 1 is 1.32 bits per heavy atom. The number of carbonyl (C=O) groups is 2. The van der Waals surface area contributed by atoms with Gasteiger partial charge in [0.1, 0.15) is 5.69 Å². The molecule has 2 aromatic rings. The molecule has 25 heavy (non-hydrogen) atoms. The number of anilines is 1. The first-order valence-electron chi connectivity index (χ1n) is 7.73. The summed E-state index contributed by atoms with van der Waals surface area (Å²) in [4.78, 5) is 34.9. The summed E-state index contributed by atoms with van der Waals surface area (Å²) in [5.74, 6) is 0.0702. The van der Waals surface area contributed by atoms with Gasteiger partial charge >= 0.3 is 0 Å². The van der Waals surface area contributed by atoms with Crippen molar-refractivity contribution in [1.82, 2.24) is 15.3 Å². The summed E-state index contributed by atoms with van der Waals surface area (Å²) in [5.41, 5.74) is 7.32. The van der Waals surface area contributed by atoms with Gasteiger partial charge in [-0.2, -0.15) is 0 Å². The Hall–Kier alpha value is -3.29. The number of nitrogens with zero attached hydrogens (tertiary/aromatic N) is 3. The number of nitrogens with one attached hydrogen (secondary N) is 2. The van der Waals surface area contributed by atoms with Gasteiger partial charge in [-0.25, -0.2) is 15.0 Å². The number of rotatable bonds is 7. The number of aliphatic imine (C=N–C) groups is 1. The average molecular weight is 340 g/mol. The summed E-state index contributed by atoms with van der Waals surface area (Å²) in [7, 11) is 0. The van der Waals surface area contributed by atoms with Crippen molar-refractivity contribution in [3.63, 3.8) is 0 Å². The van der Waals surface area contributed by atoms with Crippen molar-refractivity contribution >= 4 is 30.0 Å². The molecular formula is C17H20N6O2. The number of carbonyl (C=O) groups excluding carboxylic acids is 2. The fourth-order valence-electron chi connectivity index (χ4n) is 2.05. The molecule has 0 aliphatic carbocycles. The van der Waals surface area contributed by atoms with E-state index in [-0.39, 0.29) is 23.5 Å². The molecule has 1 heterocycles. The van der Waals surface area contributed by atoms with Gasteiger partial charge < -0.3 is 16.4 Å². The smallest absolute Gasteiger partial charge is 0.251 e. The van der Waals surface area contributed by atoms with E-state index >= 15 is 0 Å². The van der Waals surface area contributed by atoms with E-state index in [1.165, 1.54) is 6.20 Å². The normalized spacial score (nSPS) is 10.8. The molecule has 1 aromatic carbocycles. The quantitative estimate of drug-likeness (QED) is 0.400. The van der Waals surface area contributed by atoms with Crippen molar-refractivity contribution in [1.29, 1.82) is 0 Å². The average Bonchev–Trinajstić information content (AvgIpc) is 2.61. The van der Waals surface area contributed by atoms with Crippen molar-refractivity contribution in [3.8, 4) is 0 Å². The minimum atomic E-state index is -0.112. The zero-order chi connectivity index (χ0) is 18.2. The van der Waals surface area contributed by atoms with E-state index in [1.807, 2.05) is 13.8 Å². The SMILES string of the molecule is CC(C)NC(=O)c1ccc(NCc2cnc(N=CN)c(C=O)n2)cc1. The van der Waals surface area contributed by atoms with Crippen LogP contribution in [0.2, 0.25) is 0 Å². The first kappa shape index (κ1) is 18.1. The Balaban J connectivity index is 2.01. The van der Waals surface area contributed by atoms with Crippen molar-refractivity contribution in [2.24, 2.45) is 10.7 Å². The minimum Gasteiger partial charge on any atom is -0.390 e. The van der Waals surface area contributed by atoms with Gasteiger partial charge in [-0.05, 0) is 38.1 Å². The molecule has 1 aromatic heterocycles. The minimum absolute atomic E-state index is 0.0856. The molecule has 130 valence electrons. The maximum absolute atomic E-state index is 11.9. The highest BCUT2D eigenvalue weighted by Crippen LogP contribution is 2.14. The van der Waals surface area contributed by atoms with Crippen LogP contribution in [0, 0.1) is 0 Å². The van der Waals surface area contributed by atoms with Crippen LogP contribution < -0.4 is 16.4 Å². The van der Waals surface area contributed by atoms with E-state index in [9.17, 15) is 9.59 Å². The number of amides is 1. The molecule has 0 unspecified atom stereocenters. The van der Waals surface area contributed by atoms with Crippen LogP contribution in [0.1, 0.15) is 40.4 Å². The maximum Gasteiger partial charge on any atom is 0.251 e. The molecular weight excluding hydrogens is 320 g/mol. The highest BCUT2D eigenvalue weighted by atomic mass is 16.1. The molecule has 0 fully saturated rings. The largest absolute Gasteiger partial charge is 0.390 e. The lowest BCUT2D eigenvalue weighted by molar-refractivity contribution is 0.0943. The summed E-state index contributed by atoms with van der Waals surface area (Å²) in [6.07, 6.45) is 3.17. The predicted molar refractivity (Wildman–Crippen MR) is 96.1 cm³/mol. The summed E-state index contributed by atoms with van der Waals surface area (Å²) in [6.45, 7) is 4.19. The van der Waals surface area contributed by atoms with Gasteiger partial charge in [-0.3, -0.25) is 9.59 Å². The van der Waals surface area contributed by atoms with Gasteiger partial charge in [0.05, 0.1) is 24.8 Å². The summed E-state index contributed by atoms with van der Waals surface area (Å²) in [6, 6.07) is 7.17. The molecule has 4 N–H and O–H groups in total. The van der Waals surface area contributed by atoms with Crippen molar-refractivity contribution in [2.75, 3.05) is 5.32 Å². The van der Waals surface area contributed by atoms with E-state index in [1.54, 1.807) is 24.3 Å². The van der Waals surface area contributed by atoms with Crippen molar-refractivity contribution < 1.29 is 9.59 Å². The van der Waals surface area contributed by atoms with E-state index in [4.69, 9.17) is 5.73 Å². The van der Waals surface area contributed by atoms with E-state index in [0.29, 0.717) is 24.1 Å². The molecule has 0 saturated heterocycles. The second-order valence-electron chi connectivity index (χ2n) is 5.53. The van der Waals surface area contributed by atoms with Crippen LogP contribution in [0.15, 0.2) is 35.5 Å². The summed E-state index contributed by atoms with van der Waals surface area (Å²) >= 11 is 0. The van der Waals surface area contributed by atoms with Crippen LogP contribution in [0.4, 0.5) is 11.5 Å². The fourth-order valence-corrected chi connectivity index (χ4v) is 2.05. The van der Waals surface area contributed by atoms with Crippen molar-refractivity contribution in [2.45, 2.75) is 26.4 Å². The number of aromatic nitrogens is 2. The van der Waals surface area contributed by atoms with Gasteiger partial charge in [0.15, 0.2) is 12.1 Å². The lowest BCUT2D eigenvalue weighted by Crippen LogP contribution is -2.29. The van der Waals surface area contributed by atoms with Crippen LogP contribution in [0.3, 0.4) is 0 Å². The molecule has 8 nitrogen and oxygen atoms in total. The van der Waals surface area contributed by atoms with E-state index in [0.717, 1.165) is 12.0 Å².